The van der Waals surface area contributed by atoms with Gasteiger partial charge in [0.1, 0.15) is 0 Å². The van der Waals surface area contributed by atoms with Crippen molar-refractivity contribution in [3.8, 4) is 0 Å². The van der Waals surface area contributed by atoms with Crippen molar-refractivity contribution in [2.45, 2.75) is 45.6 Å². The average Bonchev–Trinajstić information content (AvgIpc) is 2.65. The summed E-state index contributed by atoms with van der Waals surface area (Å²) in [4.78, 5) is 1.41. The molecule has 1 unspecified atom stereocenters. The first kappa shape index (κ1) is 11.2. The summed E-state index contributed by atoms with van der Waals surface area (Å²) < 4.78 is 0. The predicted octanol–water partition coefficient (Wildman–Crippen LogP) is 3.88. The van der Waals surface area contributed by atoms with Crippen LogP contribution in [0.5, 0.6) is 0 Å². The first-order chi connectivity index (χ1) is 7.18. The highest BCUT2D eigenvalue weighted by atomic mass is 32.1. The van der Waals surface area contributed by atoms with Crippen LogP contribution in [-0.2, 0) is 0 Å². The molecule has 1 aliphatic carbocycles. The Morgan fingerprint density at radius 3 is 2.53 bits per heavy atom. The Bertz CT molecular complexity index is 310. The van der Waals surface area contributed by atoms with Crippen LogP contribution >= 0.6 is 11.3 Å². The third kappa shape index (κ3) is 2.43. The van der Waals surface area contributed by atoms with Crippen molar-refractivity contribution in [3.05, 3.63) is 21.9 Å². The zero-order valence-corrected chi connectivity index (χ0v) is 10.5. The van der Waals surface area contributed by atoms with Crippen molar-refractivity contribution < 1.29 is 0 Å². The Morgan fingerprint density at radius 1 is 1.33 bits per heavy atom. The maximum atomic E-state index is 6.37. The molecule has 0 aromatic carbocycles. The topological polar surface area (TPSA) is 26.0 Å². The summed E-state index contributed by atoms with van der Waals surface area (Å²) in [7, 11) is 0. The second kappa shape index (κ2) is 4.67. The lowest BCUT2D eigenvalue weighted by molar-refractivity contribution is 0.257. The van der Waals surface area contributed by atoms with Gasteiger partial charge in [0.25, 0.3) is 0 Å². The summed E-state index contributed by atoms with van der Waals surface area (Å²) in [6, 6.07) is 2.48. The van der Waals surface area contributed by atoms with Gasteiger partial charge in [-0.2, -0.15) is 0 Å². The van der Waals surface area contributed by atoms with Crippen LogP contribution in [0.3, 0.4) is 0 Å². The second-order valence-corrected chi connectivity index (χ2v) is 5.96. The van der Waals surface area contributed by atoms with Gasteiger partial charge in [0.15, 0.2) is 0 Å². The van der Waals surface area contributed by atoms with Crippen molar-refractivity contribution >= 4 is 11.3 Å². The molecule has 0 spiro atoms. The number of rotatable bonds is 2. The van der Waals surface area contributed by atoms with Gasteiger partial charge in [-0.25, -0.2) is 0 Å². The highest BCUT2D eigenvalue weighted by Gasteiger charge is 2.25. The monoisotopic (exact) mass is 223 g/mol. The molecule has 1 saturated carbocycles. The van der Waals surface area contributed by atoms with Crippen molar-refractivity contribution in [3.63, 3.8) is 0 Å². The molecule has 2 heteroatoms. The van der Waals surface area contributed by atoms with Crippen molar-refractivity contribution in [1.82, 2.24) is 0 Å². The minimum Gasteiger partial charge on any atom is -0.323 e. The van der Waals surface area contributed by atoms with Crippen LogP contribution in [-0.4, -0.2) is 0 Å². The Kier molecular flexibility index (Phi) is 3.47. The van der Waals surface area contributed by atoms with Gasteiger partial charge < -0.3 is 5.73 Å². The molecule has 2 N–H and O–H groups in total. The minimum atomic E-state index is 0.289. The third-order valence-electron chi connectivity index (χ3n) is 3.77. The van der Waals surface area contributed by atoms with E-state index < -0.39 is 0 Å². The van der Waals surface area contributed by atoms with Gasteiger partial charge in [-0.3, -0.25) is 0 Å². The van der Waals surface area contributed by atoms with Crippen LogP contribution in [0, 0.1) is 18.8 Å². The number of aryl methyl sites for hydroxylation is 1. The molecule has 0 radical (unpaired) electrons. The lowest BCUT2D eigenvalue weighted by Gasteiger charge is -2.30. The average molecular weight is 223 g/mol. The van der Waals surface area contributed by atoms with Gasteiger partial charge in [-0.05, 0) is 48.6 Å². The van der Waals surface area contributed by atoms with Gasteiger partial charge in [-0.1, -0.05) is 19.8 Å². The van der Waals surface area contributed by atoms with E-state index in [2.05, 4.69) is 25.3 Å². The first-order valence-corrected chi connectivity index (χ1v) is 6.86. The molecule has 15 heavy (non-hydrogen) atoms. The van der Waals surface area contributed by atoms with Crippen LogP contribution in [0.25, 0.3) is 0 Å². The molecule has 2 rings (SSSR count). The van der Waals surface area contributed by atoms with Gasteiger partial charge >= 0.3 is 0 Å². The van der Waals surface area contributed by atoms with Crippen molar-refractivity contribution in [1.29, 1.82) is 0 Å². The first-order valence-electron chi connectivity index (χ1n) is 5.98. The van der Waals surface area contributed by atoms with E-state index in [4.69, 9.17) is 5.73 Å². The summed E-state index contributed by atoms with van der Waals surface area (Å²) in [5.41, 5.74) is 7.75. The highest BCUT2D eigenvalue weighted by Crippen LogP contribution is 2.37. The lowest BCUT2D eigenvalue weighted by Crippen LogP contribution is -2.25. The third-order valence-corrected chi connectivity index (χ3v) is 4.89. The molecule has 1 aromatic rings. The fourth-order valence-corrected chi connectivity index (χ4v) is 3.61. The molecule has 1 nitrogen and oxygen atoms in total. The highest BCUT2D eigenvalue weighted by molar-refractivity contribution is 7.10. The Hall–Kier alpha value is -0.340. The maximum absolute atomic E-state index is 6.37. The summed E-state index contributed by atoms with van der Waals surface area (Å²) in [6.07, 6.45) is 5.37. The number of nitrogens with two attached hydrogens (primary N) is 1. The van der Waals surface area contributed by atoms with Gasteiger partial charge in [0, 0.05) is 10.9 Å². The van der Waals surface area contributed by atoms with Gasteiger partial charge in [0.05, 0.1) is 0 Å². The van der Waals surface area contributed by atoms with Crippen LogP contribution in [0.15, 0.2) is 11.4 Å². The molecular weight excluding hydrogens is 202 g/mol. The fraction of sp³-hybridized carbons (Fsp3) is 0.692. The molecule has 1 aliphatic rings. The summed E-state index contributed by atoms with van der Waals surface area (Å²) in [6.45, 7) is 4.54. The van der Waals surface area contributed by atoms with Crippen LogP contribution in [0.1, 0.15) is 49.1 Å². The zero-order chi connectivity index (χ0) is 10.8. The van der Waals surface area contributed by atoms with E-state index in [1.165, 1.54) is 36.1 Å². The predicted molar refractivity (Wildman–Crippen MR) is 67.1 cm³/mol. The van der Waals surface area contributed by atoms with E-state index >= 15 is 0 Å². The van der Waals surface area contributed by atoms with Crippen molar-refractivity contribution in [2.75, 3.05) is 0 Å². The molecule has 1 heterocycles. The molecule has 0 saturated heterocycles. The number of thiophene rings is 1. The molecule has 0 amide bonds. The molecule has 0 bridgehead atoms. The van der Waals surface area contributed by atoms with E-state index in [1.54, 1.807) is 0 Å². The normalized spacial score (nSPS) is 29.0. The molecule has 1 atom stereocenters. The SMILES string of the molecule is Cc1ccsc1C(N)C1CCC(C)CC1. The fourth-order valence-electron chi connectivity index (χ4n) is 2.58. The van der Waals surface area contributed by atoms with Gasteiger partial charge in [-0.15, -0.1) is 11.3 Å². The molecule has 0 aliphatic heterocycles. The number of hydrogen-bond acceptors (Lipinski definition) is 2. The quantitative estimate of drug-likeness (QED) is 0.809. The van der Waals surface area contributed by atoms with E-state index in [1.807, 2.05) is 11.3 Å². The molecule has 1 aromatic heterocycles. The largest absolute Gasteiger partial charge is 0.323 e. The van der Waals surface area contributed by atoms with E-state index in [0.717, 1.165) is 11.8 Å². The molecular formula is C13H21NS. The minimum absolute atomic E-state index is 0.289. The second-order valence-electron chi connectivity index (χ2n) is 5.01. The Balaban J connectivity index is 2.02. The summed E-state index contributed by atoms with van der Waals surface area (Å²) in [5.74, 6) is 1.64. The smallest absolute Gasteiger partial charge is 0.0421 e. The van der Waals surface area contributed by atoms with Crippen LogP contribution < -0.4 is 5.73 Å². The van der Waals surface area contributed by atoms with Crippen LogP contribution in [0.4, 0.5) is 0 Å². The standard InChI is InChI=1S/C13H21NS/c1-9-3-5-11(6-4-9)12(14)13-10(2)7-8-15-13/h7-9,11-12H,3-6,14H2,1-2H3. The zero-order valence-electron chi connectivity index (χ0n) is 9.70. The molecule has 84 valence electrons. The molecule has 1 fully saturated rings. The Morgan fingerprint density at radius 2 is 2.00 bits per heavy atom. The summed E-state index contributed by atoms with van der Waals surface area (Å²) in [5, 5.41) is 2.16. The van der Waals surface area contributed by atoms with E-state index in [-0.39, 0.29) is 6.04 Å². The Labute approximate surface area is 96.7 Å². The number of hydrogen-bond donors (Lipinski definition) is 1. The van der Waals surface area contributed by atoms with Crippen LogP contribution in [0.2, 0.25) is 0 Å². The van der Waals surface area contributed by atoms with E-state index in [9.17, 15) is 0 Å². The summed E-state index contributed by atoms with van der Waals surface area (Å²) >= 11 is 1.83. The maximum Gasteiger partial charge on any atom is 0.0421 e. The van der Waals surface area contributed by atoms with Crippen molar-refractivity contribution in [2.24, 2.45) is 17.6 Å². The lowest BCUT2D eigenvalue weighted by atomic mass is 9.79. The van der Waals surface area contributed by atoms with E-state index in [0.29, 0.717) is 0 Å². The van der Waals surface area contributed by atoms with Gasteiger partial charge in [0.2, 0.25) is 0 Å².